The fourth-order valence-corrected chi connectivity index (χ4v) is 1.87. The first-order valence-corrected chi connectivity index (χ1v) is 5.14. The number of rotatable bonds is 6. The molecule has 82 valence electrons. The van der Waals surface area contributed by atoms with E-state index in [4.69, 9.17) is 4.74 Å². The Hall–Kier alpha value is -0.860. The lowest BCUT2D eigenvalue weighted by atomic mass is 9.76. The molecule has 0 aromatic rings. The highest BCUT2D eigenvalue weighted by Gasteiger charge is 2.42. The number of esters is 1. The topological polar surface area (TPSA) is 43.4 Å². The van der Waals surface area contributed by atoms with Crippen LogP contribution in [0.4, 0.5) is 0 Å². The van der Waals surface area contributed by atoms with Crippen LogP contribution in [0.15, 0.2) is 0 Å². The van der Waals surface area contributed by atoms with Crippen LogP contribution >= 0.6 is 0 Å². The Bertz CT molecular complexity index is 203. The maximum Gasteiger partial charge on any atom is 0.319 e. The van der Waals surface area contributed by atoms with Crippen molar-refractivity contribution in [2.75, 3.05) is 7.11 Å². The van der Waals surface area contributed by atoms with Crippen molar-refractivity contribution in [3.63, 3.8) is 0 Å². The molecule has 0 saturated carbocycles. The van der Waals surface area contributed by atoms with Gasteiger partial charge in [0.25, 0.3) is 0 Å². The Morgan fingerprint density at radius 3 is 1.79 bits per heavy atom. The van der Waals surface area contributed by atoms with Crippen LogP contribution in [0.2, 0.25) is 0 Å². The molecule has 0 saturated heterocycles. The Balaban J connectivity index is 4.92. The molecule has 0 heterocycles. The number of hydrogen-bond acceptors (Lipinski definition) is 3. The molecule has 0 N–H and O–H groups in total. The average molecular weight is 200 g/mol. The van der Waals surface area contributed by atoms with E-state index in [0.29, 0.717) is 12.8 Å². The SMILES string of the molecule is CCCC(CCC)(C(C)=O)C(=O)OC. The van der Waals surface area contributed by atoms with Crippen molar-refractivity contribution in [1.82, 2.24) is 0 Å². The molecule has 0 spiro atoms. The van der Waals surface area contributed by atoms with E-state index in [1.165, 1.54) is 14.0 Å². The van der Waals surface area contributed by atoms with Gasteiger partial charge in [0.2, 0.25) is 0 Å². The van der Waals surface area contributed by atoms with Crippen LogP contribution in [-0.2, 0) is 14.3 Å². The number of Topliss-reactive ketones (excluding diaryl/α,β-unsaturated/α-hetero) is 1. The summed E-state index contributed by atoms with van der Waals surface area (Å²) in [4.78, 5) is 23.2. The second kappa shape index (κ2) is 5.78. The normalized spacial score (nSPS) is 11.1. The molecule has 0 aromatic carbocycles. The summed E-state index contributed by atoms with van der Waals surface area (Å²) < 4.78 is 4.72. The Morgan fingerprint density at radius 1 is 1.14 bits per heavy atom. The van der Waals surface area contributed by atoms with Crippen molar-refractivity contribution < 1.29 is 14.3 Å². The van der Waals surface area contributed by atoms with Gasteiger partial charge in [-0.25, -0.2) is 0 Å². The molecule has 0 amide bonds. The fraction of sp³-hybridized carbons (Fsp3) is 0.818. The smallest absolute Gasteiger partial charge is 0.319 e. The first kappa shape index (κ1) is 13.1. The van der Waals surface area contributed by atoms with Crippen molar-refractivity contribution in [3.05, 3.63) is 0 Å². The van der Waals surface area contributed by atoms with Crippen LogP contribution in [0.5, 0.6) is 0 Å². The second-order valence-electron chi connectivity index (χ2n) is 3.63. The molecule has 3 nitrogen and oxygen atoms in total. The van der Waals surface area contributed by atoms with E-state index in [0.717, 1.165) is 12.8 Å². The number of methoxy groups -OCH3 is 1. The van der Waals surface area contributed by atoms with E-state index in [9.17, 15) is 9.59 Å². The molecule has 0 fully saturated rings. The number of carbonyl (C=O) groups excluding carboxylic acids is 2. The van der Waals surface area contributed by atoms with Gasteiger partial charge in [0.15, 0.2) is 0 Å². The minimum absolute atomic E-state index is 0.0759. The lowest BCUT2D eigenvalue weighted by molar-refractivity contribution is -0.158. The van der Waals surface area contributed by atoms with Crippen LogP contribution in [0.25, 0.3) is 0 Å². The van der Waals surface area contributed by atoms with Crippen molar-refractivity contribution in [3.8, 4) is 0 Å². The van der Waals surface area contributed by atoms with Gasteiger partial charge in [-0.05, 0) is 19.8 Å². The maximum atomic E-state index is 11.6. The zero-order valence-corrected chi connectivity index (χ0v) is 9.55. The zero-order valence-electron chi connectivity index (χ0n) is 9.55. The predicted octanol–water partition coefficient (Wildman–Crippen LogP) is 2.33. The van der Waals surface area contributed by atoms with Crippen LogP contribution in [0, 0.1) is 5.41 Å². The van der Waals surface area contributed by atoms with Gasteiger partial charge in [0, 0.05) is 0 Å². The first-order chi connectivity index (χ1) is 6.55. The van der Waals surface area contributed by atoms with Gasteiger partial charge in [-0.2, -0.15) is 0 Å². The fourth-order valence-electron chi connectivity index (χ4n) is 1.87. The number of ketones is 1. The minimum Gasteiger partial charge on any atom is -0.468 e. The lowest BCUT2D eigenvalue weighted by Gasteiger charge is -2.27. The van der Waals surface area contributed by atoms with Gasteiger partial charge >= 0.3 is 5.97 Å². The van der Waals surface area contributed by atoms with E-state index in [1.54, 1.807) is 0 Å². The third-order valence-electron chi connectivity index (χ3n) is 2.60. The first-order valence-electron chi connectivity index (χ1n) is 5.14. The largest absolute Gasteiger partial charge is 0.468 e. The average Bonchev–Trinajstić information content (AvgIpc) is 2.15. The van der Waals surface area contributed by atoms with Crippen molar-refractivity contribution in [2.24, 2.45) is 5.41 Å². The molecule has 0 radical (unpaired) electrons. The molecular weight excluding hydrogens is 180 g/mol. The van der Waals surface area contributed by atoms with E-state index in [2.05, 4.69) is 0 Å². The second-order valence-corrected chi connectivity index (χ2v) is 3.63. The Kier molecular flexibility index (Phi) is 5.43. The van der Waals surface area contributed by atoms with Crippen molar-refractivity contribution in [2.45, 2.75) is 46.5 Å². The minimum atomic E-state index is -0.891. The third kappa shape index (κ3) is 2.56. The lowest BCUT2D eigenvalue weighted by Crippen LogP contribution is -2.38. The molecule has 0 bridgehead atoms. The summed E-state index contributed by atoms with van der Waals surface area (Å²) in [6.07, 6.45) is 2.80. The molecule has 14 heavy (non-hydrogen) atoms. The summed E-state index contributed by atoms with van der Waals surface area (Å²) in [5.74, 6) is -0.457. The summed E-state index contributed by atoms with van der Waals surface area (Å²) >= 11 is 0. The summed E-state index contributed by atoms with van der Waals surface area (Å²) in [5, 5.41) is 0. The zero-order chi connectivity index (χ0) is 11.2. The monoisotopic (exact) mass is 200 g/mol. The van der Waals surface area contributed by atoms with Crippen LogP contribution in [0.3, 0.4) is 0 Å². The van der Waals surface area contributed by atoms with Crippen LogP contribution in [-0.4, -0.2) is 18.9 Å². The van der Waals surface area contributed by atoms with Gasteiger partial charge in [-0.3, -0.25) is 9.59 Å². The molecular formula is C11H20O3. The van der Waals surface area contributed by atoms with Crippen molar-refractivity contribution in [1.29, 1.82) is 0 Å². The summed E-state index contributed by atoms with van der Waals surface area (Å²) in [7, 11) is 1.34. The Labute approximate surface area is 85.8 Å². The van der Waals surface area contributed by atoms with Gasteiger partial charge < -0.3 is 4.74 Å². The summed E-state index contributed by atoms with van der Waals surface area (Å²) in [6.45, 7) is 5.41. The van der Waals surface area contributed by atoms with Gasteiger partial charge in [0.1, 0.15) is 11.2 Å². The van der Waals surface area contributed by atoms with Crippen molar-refractivity contribution >= 4 is 11.8 Å². The van der Waals surface area contributed by atoms with E-state index in [1.807, 2.05) is 13.8 Å². The number of hydrogen-bond donors (Lipinski definition) is 0. The number of carbonyl (C=O) groups is 2. The van der Waals surface area contributed by atoms with E-state index >= 15 is 0 Å². The standard InChI is InChI=1S/C11H20O3/c1-5-7-11(8-6-2,9(3)12)10(13)14-4/h5-8H2,1-4H3. The highest BCUT2D eigenvalue weighted by molar-refractivity contribution is 6.02. The number of ether oxygens (including phenoxy) is 1. The molecule has 0 aromatic heterocycles. The molecule has 0 aliphatic carbocycles. The van der Waals surface area contributed by atoms with Gasteiger partial charge in [-0.15, -0.1) is 0 Å². The molecule has 0 aliphatic rings. The maximum absolute atomic E-state index is 11.6. The molecule has 3 heteroatoms. The molecule has 0 aliphatic heterocycles. The predicted molar refractivity (Wildman–Crippen MR) is 54.9 cm³/mol. The van der Waals surface area contributed by atoms with Gasteiger partial charge in [0.05, 0.1) is 7.11 Å². The quantitative estimate of drug-likeness (QED) is 0.488. The van der Waals surface area contributed by atoms with Gasteiger partial charge in [-0.1, -0.05) is 26.7 Å². The molecule has 0 unspecified atom stereocenters. The van der Waals surface area contributed by atoms with E-state index < -0.39 is 5.41 Å². The van der Waals surface area contributed by atoms with E-state index in [-0.39, 0.29) is 11.8 Å². The summed E-state index contributed by atoms with van der Waals surface area (Å²) in [5.41, 5.74) is -0.891. The van der Waals surface area contributed by atoms with Crippen LogP contribution < -0.4 is 0 Å². The summed E-state index contributed by atoms with van der Waals surface area (Å²) in [6, 6.07) is 0. The van der Waals surface area contributed by atoms with Crippen LogP contribution in [0.1, 0.15) is 46.5 Å². The highest BCUT2D eigenvalue weighted by atomic mass is 16.5. The highest BCUT2D eigenvalue weighted by Crippen LogP contribution is 2.32. The molecule has 0 rings (SSSR count). The molecule has 0 atom stereocenters. The third-order valence-corrected chi connectivity index (χ3v) is 2.60. The Morgan fingerprint density at radius 2 is 1.57 bits per heavy atom.